The third-order valence-electron chi connectivity index (χ3n) is 3.32. The fourth-order valence-electron chi connectivity index (χ4n) is 2.48. The van der Waals surface area contributed by atoms with Crippen molar-refractivity contribution in [3.05, 3.63) is 22.4 Å². The summed E-state index contributed by atoms with van der Waals surface area (Å²) in [5.74, 6) is 0.559. The second-order valence-corrected chi connectivity index (χ2v) is 7.81. The number of carbonyl (C=O) groups excluding carboxylic acids is 1. The molecule has 0 aromatic carbocycles. The van der Waals surface area contributed by atoms with Gasteiger partial charge in [-0.15, -0.1) is 11.3 Å². The number of rotatable bonds is 3. The van der Waals surface area contributed by atoms with E-state index in [4.69, 9.17) is 0 Å². The third kappa shape index (κ3) is 3.18. The maximum Gasteiger partial charge on any atom is 0.241 e. The summed E-state index contributed by atoms with van der Waals surface area (Å²) in [6, 6.07) is 4.09. The van der Waals surface area contributed by atoms with Crippen molar-refractivity contribution in [3.63, 3.8) is 0 Å². The van der Waals surface area contributed by atoms with Crippen LogP contribution in [0.3, 0.4) is 0 Å². The summed E-state index contributed by atoms with van der Waals surface area (Å²) in [5.41, 5.74) is 0.110. The molecule has 0 aliphatic carbocycles. The van der Waals surface area contributed by atoms with Gasteiger partial charge < -0.3 is 4.90 Å². The summed E-state index contributed by atoms with van der Waals surface area (Å²) >= 11 is 1.71. The first-order valence-electron chi connectivity index (χ1n) is 6.89. The number of carbonyl (C=O) groups is 1. The molecule has 2 atom stereocenters. The normalized spacial score (nSPS) is 24.5. The van der Waals surface area contributed by atoms with Crippen LogP contribution >= 0.6 is 11.3 Å². The van der Waals surface area contributed by atoms with Crippen molar-refractivity contribution in [1.29, 1.82) is 0 Å². The van der Waals surface area contributed by atoms with E-state index in [0.717, 1.165) is 6.54 Å². The highest BCUT2D eigenvalue weighted by atomic mass is 32.1. The Hall–Kier alpha value is -0.870. The van der Waals surface area contributed by atoms with Gasteiger partial charge in [-0.1, -0.05) is 40.7 Å². The zero-order valence-corrected chi connectivity index (χ0v) is 13.3. The minimum Gasteiger partial charge on any atom is -0.320 e. The first-order valence-corrected chi connectivity index (χ1v) is 7.77. The van der Waals surface area contributed by atoms with E-state index < -0.39 is 0 Å². The van der Waals surface area contributed by atoms with E-state index >= 15 is 0 Å². The lowest BCUT2D eigenvalue weighted by molar-refractivity contribution is -0.132. The van der Waals surface area contributed by atoms with Crippen LogP contribution in [0, 0.1) is 11.3 Å². The van der Waals surface area contributed by atoms with Gasteiger partial charge in [-0.25, -0.2) is 0 Å². The van der Waals surface area contributed by atoms with Crippen LogP contribution < -0.4 is 5.32 Å². The molecule has 0 bridgehead atoms. The SMILES string of the molecule is CC(C)C1NC(c2cccs2)N(CC(C)(C)C)C1=O. The van der Waals surface area contributed by atoms with Crippen LogP contribution in [0.25, 0.3) is 0 Å². The summed E-state index contributed by atoms with van der Waals surface area (Å²) in [6.45, 7) is 11.5. The van der Waals surface area contributed by atoms with Gasteiger partial charge in [0.05, 0.1) is 6.04 Å². The minimum absolute atomic E-state index is 0.0409. The average molecular weight is 280 g/mol. The standard InChI is InChI=1S/C15H24N2OS/c1-10(2)12-14(18)17(9-15(3,4)5)13(16-12)11-7-6-8-19-11/h6-8,10,12-13,16H,9H2,1-5H3. The van der Waals surface area contributed by atoms with Gasteiger partial charge in [-0.2, -0.15) is 0 Å². The Labute approximate surface area is 120 Å². The zero-order valence-electron chi connectivity index (χ0n) is 12.4. The lowest BCUT2D eigenvalue weighted by Gasteiger charge is -2.30. The van der Waals surface area contributed by atoms with Crippen molar-refractivity contribution in [3.8, 4) is 0 Å². The van der Waals surface area contributed by atoms with E-state index in [2.05, 4.69) is 51.4 Å². The molecular formula is C15H24N2OS. The van der Waals surface area contributed by atoms with Crippen LogP contribution in [0.1, 0.15) is 45.7 Å². The Bertz CT molecular complexity index is 433. The lowest BCUT2D eigenvalue weighted by atomic mass is 9.95. The number of nitrogens with one attached hydrogen (secondary N) is 1. The number of amides is 1. The Morgan fingerprint density at radius 2 is 2.11 bits per heavy atom. The summed E-state index contributed by atoms with van der Waals surface area (Å²) in [5, 5.41) is 5.57. The monoisotopic (exact) mass is 280 g/mol. The maximum absolute atomic E-state index is 12.6. The Morgan fingerprint density at radius 3 is 2.58 bits per heavy atom. The Morgan fingerprint density at radius 1 is 1.42 bits per heavy atom. The van der Waals surface area contributed by atoms with E-state index in [1.165, 1.54) is 4.88 Å². The summed E-state index contributed by atoms with van der Waals surface area (Å²) in [7, 11) is 0. The first-order chi connectivity index (χ1) is 8.79. The summed E-state index contributed by atoms with van der Waals surface area (Å²) in [4.78, 5) is 15.8. The van der Waals surface area contributed by atoms with E-state index in [1.54, 1.807) is 11.3 Å². The average Bonchev–Trinajstić information content (AvgIpc) is 2.86. The van der Waals surface area contributed by atoms with Crippen LogP contribution in [0.5, 0.6) is 0 Å². The van der Waals surface area contributed by atoms with Gasteiger partial charge in [-0.3, -0.25) is 10.1 Å². The molecule has 1 aliphatic rings. The highest BCUT2D eigenvalue weighted by molar-refractivity contribution is 7.10. The van der Waals surface area contributed by atoms with Crippen LogP contribution in [0.2, 0.25) is 0 Å². The van der Waals surface area contributed by atoms with Gasteiger partial charge in [0, 0.05) is 11.4 Å². The van der Waals surface area contributed by atoms with Crippen LogP contribution in [-0.4, -0.2) is 23.4 Å². The topological polar surface area (TPSA) is 32.3 Å². The van der Waals surface area contributed by atoms with Gasteiger partial charge in [0.1, 0.15) is 6.17 Å². The fraction of sp³-hybridized carbons (Fsp3) is 0.667. The summed E-state index contributed by atoms with van der Waals surface area (Å²) < 4.78 is 0. The molecule has 1 fully saturated rings. The van der Waals surface area contributed by atoms with E-state index in [1.807, 2.05) is 11.0 Å². The van der Waals surface area contributed by atoms with Gasteiger partial charge >= 0.3 is 0 Å². The van der Waals surface area contributed by atoms with Gasteiger partial charge in [0.15, 0.2) is 0 Å². The molecule has 1 aromatic heterocycles. The Balaban J connectivity index is 2.26. The number of thiophene rings is 1. The molecule has 0 spiro atoms. The molecular weight excluding hydrogens is 256 g/mol. The van der Waals surface area contributed by atoms with Crippen molar-refractivity contribution in [2.75, 3.05) is 6.54 Å². The van der Waals surface area contributed by atoms with Gasteiger partial charge in [-0.05, 0) is 22.8 Å². The predicted molar refractivity (Wildman–Crippen MR) is 80.0 cm³/mol. The molecule has 106 valence electrons. The second-order valence-electron chi connectivity index (χ2n) is 6.83. The predicted octanol–water partition coefficient (Wildman–Crippen LogP) is 3.25. The molecule has 0 saturated carbocycles. The number of hydrogen-bond acceptors (Lipinski definition) is 3. The van der Waals surface area contributed by atoms with Crippen LogP contribution in [-0.2, 0) is 4.79 Å². The molecule has 2 unspecified atom stereocenters. The molecule has 1 aromatic rings. The minimum atomic E-state index is -0.0607. The Kier molecular flexibility index (Phi) is 4.02. The smallest absolute Gasteiger partial charge is 0.241 e. The molecule has 3 nitrogen and oxygen atoms in total. The van der Waals surface area contributed by atoms with Crippen molar-refractivity contribution >= 4 is 17.2 Å². The quantitative estimate of drug-likeness (QED) is 0.922. The van der Waals surface area contributed by atoms with Gasteiger partial charge in [0.2, 0.25) is 5.91 Å². The van der Waals surface area contributed by atoms with Crippen molar-refractivity contribution in [2.45, 2.75) is 46.8 Å². The number of nitrogens with zero attached hydrogens (tertiary/aromatic N) is 1. The van der Waals surface area contributed by atoms with Crippen LogP contribution in [0.4, 0.5) is 0 Å². The highest BCUT2D eigenvalue weighted by Crippen LogP contribution is 2.33. The lowest BCUT2D eigenvalue weighted by Crippen LogP contribution is -2.38. The molecule has 2 heterocycles. The van der Waals surface area contributed by atoms with Crippen molar-refractivity contribution in [2.24, 2.45) is 11.3 Å². The molecule has 2 rings (SSSR count). The third-order valence-corrected chi connectivity index (χ3v) is 4.25. The molecule has 0 radical (unpaired) electrons. The molecule has 19 heavy (non-hydrogen) atoms. The van der Waals surface area contributed by atoms with E-state index in [-0.39, 0.29) is 23.5 Å². The second kappa shape index (κ2) is 5.25. The van der Waals surface area contributed by atoms with Crippen LogP contribution in [0.15, 0.2) is 17.5 Å². The van der Waals surface area contributed by atoms with E-state index in [9.17, 15) is 4.79 Å². The van der Waals surface area contributed by atoms with Gasteiger partial charge in [0.25, 0.3) is 0 Å². The number of hydrogen-bond donors (Lipinski definition) is 1. The maximum atomic E-state index is 12.6. The largest absolute Gasteiger partial charge is 0.320 e. The van der Waals surface area contributed by atoms with E-state index in [0.29, 0.717) is 5.92 Å². The summed E-state index contributed by atoms with van der Waals surface area (Å²) in [6.07, 6.45) is 0.0409. The highest BCUT2D eigenvalue weighted by Gasteiger charge is 2.42. The van der Waals surface area contributed by atoms with Crippen molar-refractivity contribution in [1.82, 2.24) is 10.2 Å². The zero-order chi connectivity index (χ0) is 14.2. The molecule has 1 N–H and O–H groups in total. The fourth-order valence-corrected chi connectivity index (χ4v) is 3.27. The molecule has 4 heteroatoms. The molecule has 1 amide bonds. The van der Waals surface area contributed by atoms with Crippen molar-refractivity contribution < 1.29 is 4.79 Å². The first kappa shape index (κ1) is 14.5. The molecule has 1 saturated heterocycles. The molecule has 1 aliphatic heterocycles.